The Bertz CT molecular complexity index is 1460. The Kier molecular flexibility index (Phi) is 8.95. The average molecular weight is 550 g/mol. The normalized spacial score (nSPS) is 16.1. The number of urea groups is 1. The minimum atomic E-state index is -1.09. The molecule has 212 valence electrons. The van der Waals surface area contributed by atoms with E-state index in [9.17, 15) is 14.7 Å². The number of ether oxygens (including phenoxy) is 3. The van der Waals surface area contributed by atoms with Crippen LogP contribution in [0.15, 0.2) is 58.8 Å². The molecule has 40 heavy (non-hydrogen) atoms. The van der Waals surface area contributed by atoms with Gasteiger partial charge in [-0.2, -0.15) is 5.10 Å². The number of rotatable bonds is 11. The van der Waals surface area contributed by atoms with Crippen LogP contribution in [-0.2, 0) is 16.1 Å². The third kappa shape index (κ3) is 5.89. The van der Waals surface area contributed by atoms with Gasteiger partial charge >= 0.3 is 12.0 Å². The third-order valence-electron chi connectivity index (χ3n) is 6.69. The molecule has 2 aromatic carbocycles. The van der Waals surface area contributed by atoms with E-state index in [-0.39, 0.29) is 12.2 Å². The largest absolute Gasteiger partial charge is 0.490 e. The second-order valence-corrected chi connectivity index (χ2v) is 9.18. The highest BCUT2D eigenvalue weighted by Gasteiger charge is 2.32. The summed E-state index contributed by atoms with van der Waals surface area (Å²) in [5, 5.41) is 21.2. The maximum atomic E-state index is 12.4. The number of aliphatic hydroxyl groups excluding tert-OH is 1. The van der Waals surface area contributed by atoms with Gasteiger partial charge in [-0.1, -0.05) is 24.3 Å². The molecule has 4 N–H and O–H groups in total. The van der Waals surface area contributed by atoms with Crippen LogP contribution in [0.5, 0.6) is 11.5 Å². The first-order valence-corrected chi connectivity index (χ1v) is 13.1. The topological polar surface area (TPSA) is 135 Å². The number of aryl methyl sites for hydroxylation is 1. The van der Waals surface area contributed by atoms with Crippen LogP contribution in [0.4, 0.5) is 4.79 Å². The Morgan fingerprint density at radius 2 is 1.95 bits per heavy atom. The molecule has 2 heterocycles. The number of nitrogens with one attached hydrogen (secondary N) is 3. The van der Waals surface area contributed by atoms with E-state index in [1.165, 1.54) is 7.11 Å². The van der Waals surface area contributed by atoms with E-state index in [4.69, 9.17) is 14.2 Å². The van der Waals surface area contributed by atoms with Crippen LogP contribution in [0.25, 0.3) is 10.9 Å². The summed E-state index contributed by atoms with van der Waals surface area (Å²) in [6.45, 7) is 8.70. The van der Waals surface area contributed by atoms with Gasteiger partial charge in [0, 0.05) is 34.4 Å². The summed E-state index contributed by atoms with van der Waals surface area (Å²) in [5.74, 6) is 0.226. The lowest BCUT2D eigenvalue weighted by Crippen LogP contribution is -2.45. The number of methoxy groups -OCH3 is 1. The Morgan fingerprint density at radius 3 is 2.67 bits per heavy atom. The first kappa shape index (κ1) is 28.5. The van der Waals surface area contributed by atoms with Crippen LogP contribution in [0.1, 0.15) is 43.6 Å². The van der Waals surface area contributed by atoms with E-state index >= 15 is 0 Å². The average Bonchev–Trinajstić information content (AvgIpc) is 3.21. The van der Waals surface area contributed by atoms with Crippen molar-refractivity contribution < 1.29 is 28.9 Å². The number of nitrogens with zero attached hydrogens (tertiary/aromatic N) is 2. The second-order valence-electron chi connectivity index (χ2n) is 9.18. The summed E-state index contributed by atoms with van der Waals surface area (Å²) in [6.07, 6.45) is 0.611. The molecular formula is C29H35N5O6. The zero-order chi connectivity index (χ0) is 28.8. The van der Waals surface area contributed by atoms with Crippen molar-refractivity contribution >= 4 is 29.1 Å². The van der Waals surface area contributed by atoms with Crippen molar-refractivity contribution in [2.45, 2.75) is 46.5 Å². The van der Waals surface area contributed by atoms with Gasteiger partial charge in [-0.3, -0.25) is 5.43 Å². The molecule has 3 aromatic rings. The molecule has 0 saturated heterocycles. The number of fused-ring (bicyclic) bond motifs is 1. The summed E-state index contributed by atoms with van der Waals surface area (Å²) in [5.41, 5.74) is 7.21. The van der Waals surface area contributed by atoms with Gasteiger partial charge in [0.1, 0.15) is 6.61 Å². The van der Waals surface area contributed by atoms with Crippen LogP contribution in [-0.4, -0.2) is 54.4 Å². The molecule has 2 amide bonds. The van der Waals surface area contributed by atoms with E-state index < -0.39 is 24.3 Å². The predicted molar refractivity (Wildman–Crippen MR) is 151 cm³/mol. The molecule has 0 radical (unpaired) electrons. The lowest BCUT2D eigenvalue weighted by Gasteiger charge is -2.28. The molecule has 0 fully saturated rings. The lowest BCUT2D eigenvalue weighted by atomic mass is 9.95. The Labute approximate surface area is 232 Å². The van der Waals surface area contributed by atoms with Crippen LogP contribution < -0.4 is 25.5 Å². The van der Waals surface area contributed by atoms with Crippen LogP contribution >= 0.6 is 0 Å². The van der Waals surface area contributed by atoms with Crippen molar-refractivity contribution in [3.8, 4) is 11.5 Å². The van der Waals surface area contributed by atoms with Crippen LogP contribution in [0, 0.1) is 6.92 Å². The molecule has 2 atom stereocenters. The van der Waals surface area contributed by atoms with E-state index in [0.717, 1.165) is 28.7 Å². The fraction of sp³-hybridized carbons (Fsp3) is 0.345. The molecule has 1 aliphatic heterocycles. The summed E-state index contributed by atoms with van der Waals surface area (Å²) in [4.78, 5) is 24.6. The number of allylic oxidation sites excluding steroid dienone is 1. The first-order chi connectivity index (χ1) is 19.3. The molecule has 4 rings (SSSR count). The molecule has 0 aliphatic carbocycles. The van der Waals surface area contributed by atoms with E-state index in [0.29, 0.717) is 29.4 Å². The number of para-hydroxylation sites is 1. The number of amides is 2. The quantitative estimate of drug-likeness (QED) is 0.124. The molecule has 0 spiro atoms. The van der Waals surface area contributed by atoms with Gasteiger partial charge in [-0.15, -0.1) is 0 Å². The smallest absolute Gasteiger partial charge is 0.337 e. The van der Waals surface area contributed by atoms with Crippen LogP contribution in [0.2, 0.25) is 0 Å². The minimum Gasteiger partial charge on any atom is -0.490 e. The number of aromatic nitrogens is 1. The van der Waals surface area contributed by atoms with Crippen molar-refractivity contribution in [1.29, 1.82) is 0 Å². The van der Waals surface area contributed by atoms with Crippen molar-refractivity contribution in [2.24, 2.45) is 5.10 Å². The van der Waals surface area contributed by atoms with Crippen molar-refractivity contribution in [3.05, 3.63) is 70.6 Å². The van der Waals surface area contributed by atoms with Gasteiger partial charge < -0.3 is 34.5 Å². The highest BCUT2D eigenvalue weighted by Crippen LogP contribution is 2.35. The van der Waals surface area contributed by atoms with Crippen molar-refractivity contribution in [1.82, 2.24) is 20.6 Å². The Balaban J connectivity index is 1.46. The highest BCUT2D eigenvalue weighted by atomic mass is 16.5. The van der Waals surface area contributed by atoms with Crippen LogP contribution in [0.3, 0.4) is 0 Å². The van der Waals surface area contributed by atoms with Crippen molar-refractivity contribution in [2.75, 3.05) is 20.3 Å². The molecule has 1 aliphatic rings. The number of carbonyl (C=O) groups is 2. The van der Waals surface area contributed by atoms with Gasteiger partial charge in [0.05, 0.1) is 31.5 Å². The molecule has 11 nitrogen and oxygen atoms in total. The van der Waals surface area contributed by atoms with E-state index in [1.807, 2.05) is 26.0 Å². The monoisotopic (exact) mass is 549 g/mol. The van der Waals surface area contributed by atoms with Gasteiger partial charge in [0.2, 0.25) is 0 Å². The fourth-order valence-corrected chi connectivity index (χ4v) is 4.84. The second kappa shape index (κ2) is 12.6. The lowest BCUT2D eigenvalue weighted by molar-refractivity contribution is -0.136. The Hall–Kier alpha value is -4.51. The van der Waals surface area contributed by atoms with E-state index in [2.05, 4.69) is 44.8 Å². The highest BCUT2D eigenvalue weighted by molar-refractivity contribution is 6.01. The SMILES string of the molecule is CCOc1cc([C@@H]2NC(=O)NC(C)=C2C(=O)OC)ccc1OC[C@H](O)N/N=C/c1c(C)n(CC)c2ccccc12. The molecule has 0 saturated carbocycles. The van der Waals surface area contributed by atoms with Gasteiger partial charge in [-0.25, -0.2) is 9.59 Å². The number of esters is 1. The third-order valence-corrected chi connectivity index (χ3v) is 6.69. The molecule has 11 heteroatoms. The number of benzene rings is 2. The Morgan fingerprint density at radius 1 is 1.18 bits per heavy atom. The number of hydrogen-bond acceptors (Lipinski definition) is 8. The number of carbonyl (C=O) groups excluding carboxylic acids is 2. The summed E-state index contributed by atoms with van der Waals surface area (Å²) < 4.78 is 18.7. The zero-order valence-corrected chi connectivity index (χ0v) is 23.3. The van der Waals surface area contributed by atoms with Crippen molar-refractivity contribution in [3.63, 3.8) is 0 Å². The van der Waals surface area contributed by atoms with Gasteiger partial charge in [-0.05, 0) is 51.5 Å². The number of hydrazone groups is 1. The molecular weight excluding hydrogens is 514 g/mol. The number of hydrogen-bond donors (Lipinski definition) is 4. The minimum absolute atomic E-state index is 0.108. The van der Waals surface area contributed by atoms with Gasteiger partial charge in [0.25, 0.3) is 0 Å². The maximum absolute atomic E-state index is 12.4. The summed E-state index contributed by atoms with van der Waals surface area (Å²) >= 11 is 0. The molecule has 0 unspecified atom stereocenters. The predicted octanol–water partition coefficient (Wildman–Crippen LogP) is 3.49. The maximum Gasteiger partial charge on any atom is 0.337 e. The number of aliphatic hydroxyl groups is 1. The molecule has 0 bridgehead atoms. The zero-order valence-electron chi connectivity index (χ0n) is 23.3. The first-order valence-electron chi connectivity index (χ1n) is 13.1. The van der Waals surface area contributed by atoms with E-state index in [1.54, 1.807) is 31.3 Å². The van der Waals surface area contributed by atoms with Gasteiger partial charge in [0.15, 0.2) is 17.7 Å². The fourth-order valence-electron chi connectivity index (χ4n) is 4.84. The molecule has 1 aromatic heterocycles. The summed E-state index contributed by atoms with van der Waals surface area (Å²) in [7, 11) is 1.28. The summed E-state index contributed by atoms with van der Waals surface area (Å²) in [6, 6.07) is 12.0. The standard InChI is InChI=1S/C29H35N5O6/c1-6-34-18(4)21(20-10-8-9-11-22(20)34)15-30-33-25(35)16-40-23-13-12-19(14-24(23)39-7-2)27-26(28(36)38-5)17(3)31-29(37)32-27/h8-15,25,27,33,35H,6-7,16H2,1-5H3,(H2,31,32,37)/b30-15+/t25-,27-/m0/s1.